The van der Waals surface area contributed by atoms with Crippen molar-refractivity contribution in [3.63, 3.8) is 0 Å². The van der Waals surface area contributed by atoms with Gasteiger partial charge in [-0.1, -0.05) is 19.8 Å². The minimum atomic E-state index is 0. The second-order valence-corrected chi connectivity index (χ2v) is 7.62. The summed E-state index contributed by atoms with van der Waals surface area (Å²) >= 11 is 0. The van der Waals surface area contributed by atoms with Crippen molar-refractivity contribution in [1.82, 2.24) is 15.5 Å². The molecule has 3 aliphatic rings. The Morgan fingerprint density at radius 2 is 2.08 bits per heavy atom. The third-order valence-electron chi connectivity index (χ3n) is 5.78. The van der Waals surface area contributed by atoms with Crippen molar-refractivity contribution in [3.05, 3.63) is 0 Å². The van der Waals surface area contributed by atoms with Crippen LogP contribution >= 0.6 is 24.0 Å². The first-order valence-corrected chi connectivity index (χ1v) is 10.2. The fourth-order valence-electron chi connectivity index (χ4n) is 4.40. The van der Waals surface area contributed by atoms with Crippen molar-refractivity contribution in [2.45, 2.75) is 89.5 Å². The van der Waals surface area contributed by atoms with Gasteiger partial charge in [0.05, 0.1) is 24.8 Å². The Balaban J connectivity index is 0.00000225. The number of rotatable bonds is 7. The standard InChI is InChI=1S/C19H36N4O.HI/c1-3-5-11-23-12-7-6-8-15(23)14-21-19(20-4-2)22-17-13-16-9-10-18(17)24-16;/h15-18H,3-14H2,1-2H3,(H2,20,21,22);1H. The number of nitrogens with one attached hydrogen (secondary N) is 2. The summed E-state index contributed by atoms with van der Waals surface area (Å²) in [7, 11) is 0. The molecular weight excluding hydrogens is 427 g/mol. The second-order valence-electron chi connectivity index (χ2n) is 7.62. The van der Waals surface area contributed by atoms with Gasteiger partial charge in [0.1, 0.15) is 0 Å². The summed E-state index contributed by atoms with van der Waals surface area (Å²) in [6.07, 6.45) is 11.1. The van der Waals surface area contributed by atoms with E-state index < -0.39 is 0 Å². The molecule has 6 heteroatoms. The van der Waals surface area contributed by atoms with E-state index in [1.807, 2.05) is 0 Å². The molecule has 2 bridgehead atoms. The van der Waals surface area contributed by atoms with Crippen LogP contribution in [-0.2, 0) is 4.74 Å². The van der Waals surface area contributed by atoms with Crippen LogP contribution in [0.4, 0.5) is 0 Å². The summed E-state index contributed by atoms with van der Waals surface area (Å²) < 4.78 is 5.97. The van der Waals surface area contributed by atoms with E-state index in [-0.39, 0.29) is 24.0 Å². The molecular formula is C19H37IN4O. The molecule has 0 spiro atoms. The fraction of sp³-hybridized carbons (Fsp3) is 0.947. The van der Waals surface area contributed by atoms with E-state index in [0.29, 0.717) is 24.3 Å². The van der Waals surface area contributed by atoms with Crippen LogP contribution in [0, 0.1) is 0 Å². The predicted octanol–water partition coefficient (Wildman–Crippen LogP) is 3.13. The van der Waals surface area contributed by atoms with Gasteiger partial charge in [-0.25, -0.2) is 0 Å². The number of halogens is 1. The Morgan fingerprint density at radius 3 is 2.76 bits per heavy atom. The molecule has 0 saturated carbocycles. The van der Waals surface area contributed by atoms with E-state index in [1.165, 1.54) is 58.0 Å². The minimum Gasteiger partial charge on any atom is -0.373 e. The normalized spacial score (nSPS) is 32.5. The third-order valence-corrected chi connectivity index (χ3v) is 5.78. The summed E-state index contributed by atoms with van der Waals surface area (Å²) in [5.41, 5.74) is 0. The van der Waals surface area contributed by atoms with Crippen molar-refractivity contribution < 1.29 is 4.74 Å². The molecule has 25 heavy (non-hydrogen) atoms. The number of aliphatic imine (C=N–C) groups is 1. The number of piperidine rings is 1. The molecule has 146 valence electrons. The van der Waals surface area contributed by atoms with Gasteiger partial charge < -0.3 is 15.4 Å². The van der Waals surface area contributed by atoms with Crippen LogP contribution in [-0.4, -0.2) is 61.3 Å². The molecule has 0 radical (unpaired) electrons. The lowest BCUT2D eigenvalue weighted by Crippen LogP contribution is -2.48. The lowest BCUT2D eigenvalue weighted by Gasteiger charge is -2.35. The van der Waals surface area contributed by atoms with Crippen LogP contribution in [0.1, 0.15) is 65.2 Å². The molecule has 0 aromatic heterocycles. The number of nitrogens with zero attached hydrogens (tertiary/aromatic N) is 2. The molecule has 0 amide bonds. The second kappa shape index (κ2) is 10.9. The fourth-order valence-corrected chi connectivity index (χ4v) is 4.40. The summed E-state index contributed by atoms with van der Waals surface area (Å²) in [4.78, 5) is 7.61. The number of fused-ring (bicyclic) bond motifs is 2. The van der Waals surface area contributed by atoms with Gasteiger partial charge in [-0.3, -0.25) is 9.89 Å². The number of hydrogen-bond acceptors (Lipinski definition) is 3. The average Bonchev–Trinajstić information content (AvgIpc) is 3.21. The maximum absolute atomic E-state index is 5.97. The Hall–Kier alpha value is -0.0800. The van der Waals surface area contributed by atoms with Crippen LogP contribution in [0.3, 0.4) is 0 Å². The highest BCUT2D eigenvalue weighted by atomic mass is 127. The molecule has 0 aliphatic carbocycles. The highest BCUT2D eigenvalue weighted by Gasteiger charge is 2.41. The zero-order chi connectivity index (χ0) is 16.8. The first-order chi connectivity index (χ1) is 11.8. The highest BCUT2D eigenvalue weighted by Crippen LogP contribution is 2.34. The minimum absolute atomic E-state index is 0. The number of unbranched alkanes of at least 4 members (excludes halogenated alkanes) is 1. The van der Waals surface area contributed by atoms with Crippen molar-refractivity contribution in [3.8, 4) is 0 Å². The molecule has 3 rings (SSSR count). The molecule has 3 saturated heterocycles. The van der Waals surface area contributed by atoms with Crippen molar-refractivity contribution in [1.29, 1.82) is 0 Å². The summed E-state index contributed by atoms with van der Waals surface area (Å²) in [5.74, 6) is 0.986. The number of likely N-dealkylation sites (tertiary alicyclic amines) is 1. The average molecular weight is 464 g/mol. The van der Waals surface area contributed by atoms with Crippen LogP contribution in [0.25, 0.3) is 0 Å². The Kier molecular flexibility index (Phi) is 9.27. The summed E-state index contributed by atoms with van der Waals surface area (Å²) in [5, 5.41) is 7.07. The van der Waals surface area contributed by atoms with E-state index in [2.05, 4.69) is 29.4 Å². The molecule has 0 aromatic carbocycles. The van der Waals surface area contributed by atoms with Gasteiger partial charge in [-0.05, 0) is 58.5 Å². The van der Waals surface area contributed by atoms with Crippen LogP contribution < -0.4 is 10.6 Å². The number of hydrogen-bond donors (Lipinski definition) is 2. The topological polar surface area (TPSA) is 48.9 Å². The van der Waals surface area contributed by atoms with Crippen molar-refractivity contribution in [2.24, 2.45) is 4.99 Å². The molecule has 3 aliphatic heterocycles. The lowest BCUT2D eigenvalue weighted by molar-refractivity contribution is 0.0992. The quantitative estimate of drug-likeness (QED) is 0.346. The predicted molar refractivity (Wildman–Crippen MR) is 115 cm³/mol. The molecule has 4 atom stereocenters. The Morgan fingerprint density at radius 1 is 1.20 bits per heavy atom. The molecule has 3 heterocycles. The van der Waals surface area contributed by atoms with E-state index in [0.717, 1.165) is 25.5 Å². The van der Waals surface area contributed by atoms with E-state index in [9.17, 15) is 0 Å². The first-order valence-electron chi connectivity index (χ1n) is 10.2. The van der Waals surface area contributed by atoms with Crippen LogP contribution in [0.5, 0.6) is 0 Å². The van der Waals surface area contributed by atoms with Gasteiger partial charge in [-0.2, -0.15) is 0 Å². The van der Waals surface area contributed by atoms with Crippen molar-refractivity contribution >= 4 is 29.9 Å². The number of guanidine groups is 1. The monoisotopic (exact) mass is 464 g/mol. The molecule has 3 fully saturated rings. The van der Waals surface area contributed by atoms with Gasteiger partial charge in [0.2, 0.25) is 0 Å². The van der Waals surface area contributed by atoms with E-state index >= 15 is 0 Å². The van der Waals surface area contributed by atoms with Crippen molar-refractivity contribution in [2.75, 3.05) is 26.2 Å². The summed E-state index contributed by atoms with van der Waals surface area (Å²) in [6, 6.07) is 1.07. The molecule has 5 nitrogen and oxygen atoms in total. The maximum atomic E-state index is 5.97. The SMILES string of the molecule is CCCCN1CCCCC1CN=C(NCC)NC1CC2CCC1O2.I. The highest BCUT2D eigenvalue weighted by molar-refractivity contribution is 14.0. The zero-order valence-electron chi connectivity index (χ0n) is 16.0. The van der Waals surface area contributed by atoms with Gasteiger partial charge in [0, 0.05) is 12.6 Å². The number of ether oxygens (including phenoxy) is 1. The van der Waals surface area contributed by atoms with Gasteiger partial charge in [0.25, 0.3) is 0 Å². The van der Waals surface area contributed by atoms with E-state index in [1.54, 1.807) is 0 Å². The molecule has 0 aromatic rings. The van der Waals surface area contributed by atoms with Gasteiger partial charge in [-0.15, -0.1) is 24.0 Å². The zero-order valence-corrected chi connectivity index (χ0v) is 18.3. The third kappa shape index (κ3) is 5.96. The Bertz CT molecular complexity index is 420. The smallest absolute Gasteiger partial charge is 0.191 e. The van der Waals surface area contributed by atoms with E-state index in [4.69, 9.17) is 9.73 Å². The molecule has 4 unspecified atom stereocenters. The van der Waals surface area contributed by atoms with Gasteiger partial charge in [0.15, 0.2) is 5.96 Å². The molecule has 2 N–H and O–H groups in total. The summed E-state index contributed by atoms with van der Waals surface area (Å²) in [6.45, 7) is 8.74. The largest absolute Gasteiger partial charge is 0.373 e. The van der Waals surface area contributed by atoms with Crippen LogP contribution in [0.2, 0.25) is 0 Å². The maximum Gasteiger partial charge on any atom is 0.191 e. The lowest BCUT2D eigenvalue weighted by atomic mass is 9.96. The first kappa shape index (κ1) is 21.2. The Labute approximate surface area is 170 Å². The van der Waals surface area contributed by atoms with Crippen LogP contribution in [0.15, 0.2) is 4.99 Å². The van der Waals surface area contributed by atoms with Gasteiger partial charge >= 0.3 is 0 Å².